The van der Waals surface area contributed by atoms with Gasteiger partial charge in [0.05, 0.1) is 17.1 Å². The molecule has 0 amide bonds. The minimum Gasteiger partial charge on any atom is -0.383 e. The van der Waals surface area contributed by atoms with Gasteiger partial charge in [-0.05, 0) is 25.5 Å². The number of benzene rings is 1. The van der Waals surface area contributed by atoms with Crippen LogP contribution in [0, 0.1) is 10.1 Å². The minimum absolute atomic E-state index is 0.124. The number of nitrogens with zero attached hydrogens (tertiary/aromatic N) is 2. The highest BCUT2D eigenvalue weighted by Crippen LogP contribution is 2.26. The summed E-state index contributed by atoms with van der Waals surface area (Å²) < 4.78 is 5.69. The van der Waals surface area contributed by atoms with Crippen molar-refractivity contribution in [2.45, 2.75) is 32.6 Å². The molecule has 1 aliphatic rings. The summed E-state index contributed by atoms with van der Waals surface area (Å²) in [6.07, 6.45) is 0.399. The molecule has 1 saturated heterocycles. The monoisotopic (exact) mass is 279 g/mol. The molecule has 2 unspecified atom stereocenters. The number of anilines is 1. The number of hydrogen-bond donors (Lipinski definition) is 1. The van der Waals surface area contributed by atoms with Crippen molar-refractivity contribution in [3.8, 4) is 0 Å². The molecule has 0 bridgehead atoms. The van der Waals surface area contributed by atoms with Crippen molar-refractivity contribution < 1.29 is 9.66 Å². The number of ether oxygens (including phenoxy) is 1. The summed E-state index contributed by atoms with van der Waals surface area (Å²) in [5.74, 6) is 0. The smallest absolute Gasteiger partial charge is 0.292 e. The molecule has 6 nitrogen and oxygen atoms in total. The predicted molar refractivity (Wildman–Crippen MR) is 77.9 cm³/mol. The Hall–Kier alpha value is -1.66. The Labute approximate surface area is 118 Å². The van der Waals surface area contributed by atoms with E-state index in [2.05, 4.69) is 24.1 Å². The molecule has 1 aromatic rings. The lowest BCUT2D eigenvalue weighted by molar-refractivity contribution is -0.384. The minimum atomic E-state index is -0.347. The Morgan fingerprint density at radius 2 is 2.05 bits per heavy atom. The van der Waals surface area contributed by atoms with E-state index in [1.54, 1.807) is 19.2 Å². The third-order valence-electron chi connectivity index (χ3n) is 3.43. The Morgan fingerprint density at radius 1 is 1.40 bits per heavy atom. The molecule has 0 spiro atoms. The summed E-state index contributed by atoms with van der Waals surface area (Å²) in [6, 6.07) is 5.35. The van der Waals surface area contributed by atoms with E-state index in [0.29, 0.717) is 12.2 Å². The van der Waals surface area contributed by atoms with Crippen molar-refractivity contribution >= 4 is 11.4 Å². The highest BCUT2D eigenvalue weighted by atomic mass is 16.6. The second-order valence-electron chi connectivity index (χ2n) is 5.31. The fraction of sp³-hybridized carbons (Fsp3) is 0.571. The molecule has 1 heterocycles. The van der Waals surface area contributed by atoms with Gasteiger partial charge in [-0.3, -0.25) is 15.0 Å². The number of nitro benzene ring substituents is 1. The van der Waals surface area contributed by atoms with Crippen LogP contribution in [0.2, 0.25) is 0 Å². The maximum atomic E-state index is 11.1. The van der Waals surface area contributed by atoms with Crippen LogP contribution in [0.25, 0.3) is 0 Å². The summed E-state index contributed by atoms with van der Waals surface area (Å²) in [5.41, 5.74) is 1.62. The fourth-order valence-corrected chi connectivity index (χ4v) is 2.71. The second kappa shape index (κ2) is 6.19. The van der Waals surface area contributed by atoms with E-state index >= 15 is 0 Å². The summed E-state index contributed by atoms with van der Waals surface area (Å²) >= 11 is 0. The summed E-state index contributed by atoms with van der Waals surface area (Å²) in [5, 5.41) is 13.9. The molecule has 2 rings (SSSR count). The molecule has 1 fully saturated rings. The Morgan fingerprint density at radius 3 is 2.60 bits per heavy atom. The maximum Gasteiger partial charge on any atom is 0.292 e. The van der Waals surface area contributed by atoms with E-state index in [9.17, 15) is 10.1 Å². The Kier molecular flexibility index (Phi) is 4.57. The van der Waals surface area contributed by atoms with Gasteiger partial charge in [-0.15, -0.1) is 0 Å². The molecule has 110 valence electrons. The molecule has 0 aromatic heterocycles. The largest absolute Gasteiger partial charge is 0.383 e. The Bertz CT molecular complexity index is 483. The van der Waals surface area contributed by atoms with Crippen molar-refractivity contribution in [2.75, 3.05) is 25.5 Å². The zero-order chi connectivity index (χ0) is 14.7. The van der Waals surface area contributed by atoms with Crippen molar-refractivity contribution in [3.05, 3.63) is 33.9 Å². The molecule has 0 saturated carbocycles. The van der Waals surface area contributed by atoms with Gasteiger partial charge in [0.2, 0.25) is 0 Å². The van der Waals surface area contributed by atoms with Crippen LogP contribution in [0.15, 0.2) is 18.2 Å². The van der Waals surface area contributed by atoms with Gasteiger partial charge in [0, 0.05) is 32.7 Å². The number of nitrogens with one attached hydrogen (secondary N) is 1. The summed E-state index contributed by atoms with van der Waals surface area (Å²) in [6.45, 7) is 6.52. The van der Waals surface area contributed by atoms with Crippen LogP contribution in [0.1, 0.15) is 19.4 Å². The molecule has 0 aliphatic carbocycles. The van der Waals surface area contributed by atoms with Crippen LogP contribution in [0.4, 0.5) is 11.4 Å². The third-order valence-corrected chi connectivity index (χ3v) is 3.43. The second-order valence-corrected chi connectivity index (χ2v) is 5.31. The quantitative estimate of drug-likeness (QED) is 0.676. The van der Waals surface area contributed by atoms with Gasteiger partial charge in [0.25, 0.3) is 5.69 Å². The Balaban J connectivity index is 2.13. The third kappa shape index (κ3) is 3.46. The number of nitro groups is 1. The summed E-state index contributed by atoms with van der Waals surface area (Å²) in [4.78, 5) is 13.0. The summed E-state index contributed by atoms with van der Waals surface area (Å²) in [7, 11) is 1.69. The molecule has 2 atom stereocenters. The lowest BCUT2D eigenvalue weighted by Gasteiger charge is -2.35. The van der Waals surface area contributed by atoms with E-state index in [1.807, 2.05) is 6.07 Å². The van der Waals surface area contributed by atoms with Gasteiger partial charge >= 0.3 is 0 Å². The zero-order valence-electron chi connectivity index (χ0n) is 12.1. The average molecular weight is 279 g/mol. The van der Waals surface area contributed by atoms with Crippen LogP contribution in [-0.2, 0) is 11.3 Å². The van der Waals surface area contributed by atoms with Crippen LogP contribution in [-0.4, -0.2) is 42.2 Å². The van der Waals surface area contributed by atoms with E-state index < -0.39 is 0 Å². The molecule has 6 heteroatoms. The van der Waals surface area contributed by atoms with E-state index in [-0.39, 0.29) is 22.8 Å². The molecule has 1 N–H and O–H groups in total. The first-order valence-corrected chi connectivity index (χ1v) is 6.82. The molecule has 1 aromatic carbocycles. The molecule has 1 aliphatic heterocycles. The SMILES string of the molecule is CNc1ccc(CN2CC(C)OC(C)C2)cc1[N+](=O)[O-]. The lowest BCUT2D eigenvalue weighted by atomic mass is 10.1. The molecule has 20 heavy (non-hydrogen) atoms. The van der Waals surface area contributed by atoms with Gasteiger partial charge < -0.3 is 10.1 Å². The van der Waals surface area contributed by atoms with Gasteiger partial charge in [-0.1, -0.05) is 6.07 Å². The van der Waals surface area contributed by atoms with Gasteiger partial charge in [-0.2, -0.15) is 0 Å². The molecular weight excluding hydrogens is 258 g/mol. The maximum absolute atomic E-state index is 11.1. The van der Waals surface area contributed by atoms with Gasteiger partial charge in [0.1, 0.15) is 5.69 Å². The lowest BCUT2D eigenvalue weighted by Crippen LogP contribution is -2.44. The van der Waals surface area contributed by atoms with Crippen molar-refractivity contribution in [1.29, 1.82) is 0 Å². The van der Waals surface area contributed by atoms with Crippen LogP contribution >= 0.6 is 0 Å². The number of morpholine rings is 1. The first kappa shape index (κ1) is 14.7. The van der Waals surface area contributed by atoms with Crippen LogP contribution < -0.4 is 5.32 Å². The topological polar surface area (TPSA) is 67.6 Å². The average Bonchev–Trinajstić information content (AvgIpc) is 2.37. The first-order chi connectivity index (χ1) is 9.49. The molecule has 0 radical (unpaired) electrons. The first-order valence-electron chi connectivity index (χ1n) is 6.82. The van der Waals surface area contributed by atoms with Crippen molar-refractivity contribution in [3.63, 3.8) is 0 Å². The highest BCUT2D eigenvalue weighted by molar-refractivity contribution is 5.62. The zero-order valence-corrected chi connectivity index (χ0v) is 12.1. The van der Waals surface area contributed by atoms with Gasteiger partial charge in [0.15, 0.2) is 0 Å². The molecular formula is C14H21N3O3. The van der Waals surface area contributed by atoms with Crippen molar-refractivity contribution in [2.24, 2.45) is 0 Å². The van der Waals surface area contributed by atoms with Gasteiger partial charge in [-0.25, -0.2) is 0 Å². The van der Waals surface area contributed by atoms with E-state index in [4.69, 9.17) is 4.74 Å². The normalized spacial score (nSPS) is 23.6. The van der Waals surface area contributed by atoms with E-state index in [0.717, 1.165) is 18.7 Å². The highest BCUT2D eigenvalue weighted by Gasteiger charge is 2.23. The number of hydrogen-bond acceptors (Lipinski definition) is 5. The standard InChI is InChI=1S/C14H21N3O3/c1-10-7-16(8-11(2)20-10)9-12-4-5-13(15-3)14(6-12)17(18)19/h4-6,10-11,15H,7-9H2,1-3H3. The predicted octanol–water partition coefficient (Wildman–Crippen LogP) is 2.25. The number of rotatable bonds is 4. The fourth-order valence-electron chi connectivity index (χ4n) is 2.71. The van der Waals surface area contributed by atoms with Crippen LogP contribution in [0.5, 0.6) is 0 Å². The van der Waals surface area contributed by atoms with Crippen LogP contribution in [0.3, 0.4) is 0 Å². The van der Waals surface area contributed by atoms with Crippen molar-refractivity contribution in [1.82, 2.24) is 4.90 Å². The van der Waals surface area contributed by atoms with E-state index in [1.165, 1.54) is 0 Å².